The molecule has 2 aromatic rings. The van der Waals surface area contributed by atoms with E-state index in [0.717, 1.165) is 11.8 Å². The van der Waals surface area contributed by atoms with Gasteiger partial charge in [-0.2, -0.15) is 0 Å². The van der Waals surface area contributed by atoms with Crippen LogP contribution in [0.3, 0.4) is 0 Å². The van der Waals surface area contributed by atoms with Gasteiger partial charge >= 0.3 is 5.97 Å². The Kier molecular flexibility index (Phi) is 4.12. The Morgan fingerprint density at radius 2 is 2.29 bits per heavy atom. The third-order valence-corrected chi connectivity index (χ3v) is 4.40. The predicted molar refractivity (Wildman–Crippen MR) is 73.7 cm³/mol. The van der Waals surface area contributed by atoms with Crippen LogP contribution in [0, 0.1) is 5.82 Å². The van der Waals surface area contributed by atoms with Crippen molar-refractivity contribution in [3.8, 4) is 0 Å². The zero-order valence-electron chi connectivity index (χ0n) is 10.7. The fourth-order valence-corrected chi connectivity index (χ4v) is 3.00. The van der Waals surface area contributed by atoms with Gasteiger partial charge in [-0.3, -0.25) is 4.79 Å². The molecular formula is C13H10ClFN2O3S. The number of hydrogen-bond donors (Lipinski definition) is 0. The molecule has 0 aliphatic carbocycles. The van der Waals surface area contributed by atoms with E-state index in [9.17, 15) is 9.18 Å². The standard InChI is InChI=1S/C13H10ClFN2O3S/c14-8-2-1-3-9(15)7(8)6-11-16-17-13(20-11)21-10-4-5-19-12(10)18/h1-3,10H,4-6H2. The normalized spacial score (nSPS) is 18.0. The zero-order valence-corrected chi connectivity index (χ0v) is 12.3. The highest BCUT2D eigenvalue weighted by molar-refractivity contribution is 8.00. The summed E-state index contributed by atoms with van der Waals surface area (Å²) >= 11 is 7.10. The number of cyclic esters (lactones) is 1. The second-order valence-corrected chi connectivity index (χ2v) is 5.96. The van der Waals surface area contributed by atoms with Gasteiger partial charge in [0.05, 0.1) is 13.0 Å². The van der Waals surface area contributed by atoms with Crippen molar-refractivity contribution in [3.63, 3.8) is 0 Å². The number of esters is 1. The summed E-state index contributed by atoms with van der Waals surface area (Å²) in [7, 11) is 0. The van der Waals surface area contributed by atoms with Crippen molar-refractivity contribution in [2.45, 2.75) is 23.3 Å². The third-order valence-electron chi connectivity index (χ3n) is 2.97. The molecule has 0 N–H and O–H groups in total. The van der Waals surface area contributed by atoms with E-state index >= 15 is 0 Å². The summed E-state index contributed by atoms with van der Waals surface area (Å²) in [4.78, 5) is 11.4. The van der Waals surface area contributed by atoms with Gasteiger partial charge in [-0.15, -0.1) is 10.2 Å². The van der Waals surface area contributed by atoms with Crippen LogP contribution in [0.4, 0.5) is 4.39 Å². The van der Waals surface area contributed by atoms with Crippen molar-refractivity contribution < 1.29 is 18.3 Å². The van der Waals surface area contributed by atoms with Gasteiger partial charge in [-0.05, 0) is 23.9 Å². The molecule has 0 radical (unpaired) electrons. The topological polar surface area (TPSA) is 65.2 Å². The van der Waals surface area contributed by atoms with Crippen LogP contribution in [0.1, 0.15) is 17.9 Å². The van der Waals surface area contributed by atoms with Gasteiger partial charge in [-0.25, -0.2) is 4.39 Å². The molecular weight excluding hydrogens is 319 g/mol. The maximum Gasteiger partial charge on any atom is 0.319 e. The van der Waals surface area contributed by atoms with Gasteiger partial charge in [0.2, 0.25) is 5.89 Å². The van der Waals surface area contributed by atoms with E-state index in [1.165, 1.54) is 12.1 Å². The first-order valence-electron chi connectivity index (χ1n) is 6.22. The minimum Gasteiger partial charge on any atom is -0.465 e. The number of carbonyl (C=O) groups is 1. The average molecular weight is 329 g/mol. The van der Waals surface area contributed by atoms with E-state index in [1.54, 1.807) is 6.07 Å². The summed E-state index contributed by atoms with van der Waals surface area (Å²) in [5.74, 6) is -0.456. The number of benzene rings is 1. The minimum absolute atomic E-state index is 0.105. The number of thioether (sulfide) groups is 1. The van der Waals surface area contributed by atoms with Gasteiger partial charge in [0.1, 0.15) is 11.1 Å². The van der Waals surface area contributed by atoms with Gasteiger partial charge in [-0.1, -0.05) is 17.7 Å². The quantitative estimate of drug-likeness (QED) is 0.804. The summed E-state index contributed by atoms with van der Waals surface area (Å²) in [6.45, 7) is 0.405. The average Bonchev–Trinajstić information content (AvgIpc) is 3.05. The first-order valence-corrected chi connectivity index (χ1v) is 7.48. The molecule has 1 aliphatic heterocycles. The SMILES string of the molecule is O=C1OCCC1Sc1nnc(Cc2c(F)cccc2Cl)o1. The molecule has 1 aromatic heterocycles. The maximum absolute atomic E-state index is 13.7. The molecule has 1 saturated heterocycles. The molecule has 8 heteroatoms. The lowest BCUT2D eigenvalue weighted by Crippen LogP contribution is -2.09. The van der Waals surface area contributed by atoms with E-state index in [2.05, 4.69) is 10.2 Å². The number of nitrogens with zero attached hydrogens (tertiary/aromatic N) is 2. The smallest absolute Gasteiger partial charge is 0.319 e. The van der Waals surface area contributed by atoms with Gasteiger partial charge in [0.15, 0.2) is 0 Å². The van der Waals surface area contributed by atoms with Gasteiger partial charge in [0.25, 0.3) is 5.22 Å². The van der Waals surface area contributed by atoms with Crippen LogP contribution in [0.5, 0.6) is 0 Å². The van der Waals surface area contributed by atoms with Crippen LogP contribution in [-0.2, 0) is 16.0 Å². The molecule has 1 fully saturated rings. The third kappa shape index (κ3) is 3.19. The van der Waals surface area contributed by atoms with E-state index in [1.807, 2.05) is 0 Å². The van der Waals surface area contributed by atoms with Crippen molar-refractivity contribution >= 4 is 29.3 Å². The highest BCUT2D eigenvalue weighted by atomic mass is 35.5. The molecule has 21 heavy (non-hydrogen) atoms. The summed E-state index contributed by atoms with van der Waals surface area (Å²) in [5, 5.41) is 7.94. The summed E-state index contributed by atoms with van der Waals surface area (Å²) in [6.07, 6.45) is 0.717. The molecule has 110 valence electrons. The Morgan fingerprint density at radius 1 is 1.43 bits per heavy atom. The monoisotopic (exact) mass is 328 g/mol. The van der Waals surface area contributed by atoms with Crippen LogP contribution in [0.25, 0.3) is 0 Å². The van der Waals surface area contributed by atoms with Crippen molar-refractivity contribution in [3.05, 3.63) is 40.5 Å². The Morgan fingerprint density at radius 3 is 3.00 bits per heavy atom. The highest BCUT2D eigenvalue weighted by Gasteiger charge is 2.29. The van der Waals surface area contributed by atoms with E-state index in [-0.39, 0.29) is 28.8 Å². The minimum atomic E-state index is -0.422. The van der Waals surface area contributed by atoms with Crippen molar-refractivity contribution in [2.24, 2.45) is 0 Å². The van der Waals surface area contributed by atoms with Gasteiger partial charge < -0.3 is 9.15 Å². The van der Waals surface area contributed by atoms with Crippen molar-refractivity contribution in [2.75, 3.05) is 6.61 Å². The predicted octanol–water partition coefficient (Wildman–Crippen LogP) is 2.86. The second-order valence-electron chi connectivity index (χ2n) is 4.40. The molecule has 1 unspecified atom stereocenters. The van der Waals surface area contributed by atoms with E-state index in [0.29, 0.717) is 23.6 Å². The van der Waals surface area contributed by atoms with Crippen LogP contribution in [-0.4, -0.2) is 28.0 Å². The molecule has 0 bridgehead atoms. The number of aromatic nitrogens is 2. The van der Waals surface area contributed by atoms with Crippen LogP contribution >= 0.6 is 23.4 Å². The Bertz CT molecular complexity index is 659. The highest BCUT2D eigenvalue weighted by Crippen LogP contribution is 2.29. The maximum atomic E-state index is 13.7. The molecule has 5 nitrogen and oxygen atoms in total. The first kappa shape index (κ1) is 14.3. The van der Waals surface area contributed by atoms with Crippen molar-refractivity contribution in [1.29, 1.82) is 0 Å². The summed E-state index contributed by atoms with van der Waals surface area (Å²) < 4.78 is 24.0. The largest absolute Gasteiger partial charge is 0.465 e. The van der Waals surface area contributed by atoms with Crippen LogP contribution in [0.2, 0.25) is 5.02 Å². The van der Waals surface area contributed by atoms with E-state index < -0.39 is 5.82 Å². The van der Waals surface area contributed by atoms with Crippen LogP contribution in [0.15, 0.2) is 27.8 Å². The first-order chi connectivity index (χ1) is 10.1. The van der Waals surface area contributed by atoms with Crippen molar-refractivity contribution in [1.82, 2.24) is 10.2 Å². The molecule has 1 atom stereocenters. The summed E-state index contributed by atoms with van der Waals surface area (Å²) in [6, 6.07) is 4.45. The zero-order chi connectivity index (χ0) is 14.8. The summed E-state index contributed by atoms with van der Waals surface area (Å²) in [5.41, 5.74) is 0.305. The molecule has 0 amide bonds. The number of rotatable bonds is 4. The van der Waals surface area contributed by atoms with Crippen LogP contribution < -0.4 is 0 Å². The molecule has 0 saturated carbocycles. The Hall–Kier alpha value is -1.60. The Balaban J connectivity index is 1.72. The molecule has 2 heterocycles. The lowest BCUT2D eigenvalue weighted by molar-refractivity contribution is -0.137. The number of halogens is 2. The fraction of sp³-hybridized carbons (Fsp3) is 0.308. The second kappa shape index (κ2) is 6.03. The molecule has 0 spiro atoms. The number of ether oxygens (including phenoxy) is 1. The molecule has 3 rings (SSSR count). The van der Waals surface area contributed by atoms with E-state index in [4.69, 9.17) is 20.8 Å². The number of carbonyl (C=O) groups excluding carboxylic acids is 1. The molecule has 1 aromatic carbocycles. The molecule has 1 aliphatic rings. The van der Waals surface area contributed by atoms with Gasteiger partial charge in [0, 0.05) is 17.0 Å². The fourth-order valence-electron chi connectivity index (χ4n) is 1.92. The lowest BCUT2D eigenvalue weighted by Gasteiger charge is -2.02. The Labute approximate surface area is 128 Å². The lowest BCUT2D eigenvalue weighted by atomic mass is 10.1. The number of hydrogen-bond acceptors (Lipinski definition) is 6.